The van der Waals surface area contributed by atoms with E-state index >= 15 is 0 Å². The summed E-state index contributed by atoms with van der Waals surface area (Å²) in [6, 6.07) is 22.4. The van der Waals surface area contributed by atoms with Crippen molar-refractivity contribution in [3.8, 4) is 11.5 Å². The highest BCUT2D eigenvalue weighted by Gasteiger charge is 2.13. The molecule has 1 aromatic heterocycles. The predicted molar refractivity (Wildman–Crippen MR) is 118 cm³/mol. The maximum atomic E-state index is 11.4. The molecular weight excluding hydrogens is 406 g/mol. The molecule has 0 fully saturated rings. The first-order valence-corrected chi connectivity index (χ1v) is 10.1. The van der Waals surface area contributed by atoms with Gasteiger partial charge in [-0.2, -0.15) is 0 Å². The lowest BCUT2D eigenvalue weighted by Gasteiger charge is -2.07. The van der Waals surface area contributed by atoms with Gasteiger partial charge in [-0.25, -0.2) is 4.98 Å². The summed E-state index contributed by atoms with van der Waals surface area (Å²) in [4.78, 5) is 16.0. The number of nitrogens with zero attached hydrogens (tertiary/aromatic N) is 1. The van der Waals surface area contributed by atoms with E-state index in [1.807, 2.05) is 54.6 Å². The van der Waals surface area contributed by atoms with Crippen LogP contribution in [0.3, 0.4) is 0 Å². The van der Waals surface area contributed by atoms with Crippen LogP contribution in [0.2, 0.25) is 5.02 Å². The van der Waals surface area contributed by atoms with Crippen LogP contribution < -0.4 is 4.74 Å². The Labute approximate surface area is 176 Å². The van der Waals surface area contributed by atoms with Crippen molar-refractivity contribution in [1.82, 2.24) is 4.98 Å². The van der Waals surface area contributed by atoms with Gasteiger partial charge in [0.1, 0.15) is 16.5 Å². The molecule has 0 aliphatic rings. The van der Waals surface area contributed by atoms with Crippen molar-refractivity contribution in [2.75, 3.05) is 0 Å². The van der Waals surface area contributed by atoms with E-state index in [0.29, 0.717) is 27.1 Å². The van der Waals surface area contributed by atoms with Crippen molar-refractivity contribution in [1.29, 1.82) is 0 Å². The van der Waals surface area contributed by atoms with Gasteiger partial charge in [0.15, 0.2) is 0 Å². The molecule has 4 nitrogen and oxygen atoms in total. The van der Waals surface area contributed by atoms with Crippen molar-refractivity contribution in [3.05, 3.63) is 88.4 Å². The van der Waals surface area contributed by atoms with Crippen molar-refractivity contribution in [3.63, 3.8) is 0 Å². The van der Waals surface area contributed by atoms with E-state index in [0.717, 1.165) is 15.8 Å². The van der Waals surface area contributed by atoms with Gasteiger partial charge in [0.25, 0.3) is 0 Å². The highest BCUT2D eigenvalue weighted by Crippen LogP contribution is 2.31. The third-order valence-electron chi connectivity index (χ3n) is 4.16. The average molecular weight is 422 g/mol. The molecule has 0 unspecified atom stereocenters. The van der Waals surface area contributed by atoms with E-state index in [2.05, 4.69) is 4.98 Å². The summed E-state index contributed by atoms with van der Waals surface area (Å²) < 4.78 is 6.90. The van der Waals surface area contributed by atoms with Gasteiger partial charge in [-0.3, -0.25) is 4.79 Å². The molecule has 0 radical (unpaired) electrons. The first-order valence-electron chi connectivity index (χ1n) is 8.88. The molecule has 4 rings (SSSR count). The number of para-hydroxylation sites is 1. The zero-order chi connectivity index (χ0) is 20.2. The Hall–Kier alpha value is -3.15. The lowest BCUT2D eigenvalue weighted by molar-refractivity contribution is -0.135. The third-order valence-corrected chi connectivity index (χ3v) is 5.52. The number of hydrogen-bond donors (Lipinski definition) is 1. The van der Waals surface area contributed by atoms with Gasteiger partial charge in [0.2, 0.25) is 0 Å². The Kier molecular flexibility index (Phi) is 5.60. The number of aliphatic carboxylic acids is 1. The minimum Gasteiger partial charge on any atom is -0.481 e. The lowest BCUT2D eigenvalue weighted by Crippen LogP contribution is -1.97. The average Bonchev–Trinajstić information content (AvgIpc) is 3.14. The monoisotopic (exact) mass is 421 g/mol. The van der Waals surface area contributed by atoms with Crippen LogP contribution >= 0.6 is 22.9 Å². The maximum absolute atomic E-state index is 11.4. The fourth-order valence-corrected chi connectivity index (χ4v) is 3.97. The molecule has 3 aromatic carbocycles. The number of thiazole rings is 1. The fraction of sp³-hybridized carbons (Fsp3) is 0.0435. The van der Waals surface area contributed by atoms with Crippen LogP contribution in [0.4, 0.5) is 0 Å². The van der Waals surface area contributed by atoms with E-state index in [-0.39, 0.29) is 6.42 Å². The molecule has 1 N–H and O–H groups in total. The molecule has 0 aliphatic carbocycles. The highest BCUT2D eigenvalue weighted by atomic mass is 35.5. The molecule has 0 bridgehead atoms. The van der Waals surface area contributed by atoms with Crippen LogP contribution in [0, 0.1) is 0 Å². The number of fused-ring (bicyclic) bond motifs is 1. The number of benzene rings is 3. The Morgan fingerprint density at radius 3 is 2.59 bits per heavy atom. The van der Waals surface area contributed by atoms with Crippen molar-refractivity contribution in [2.45, 2.75) is 6.42 Å². The topological polar surface area (TPSA) is 59.4 Å². The molecule has 29 heavy (non-hydrogen) atoms. The number of carbonyl (C=O) groups is 1. The number of hydrogen-bond acceptors (Lipinski definition) is 4. The number of carboxylic acid groups (broad SMARTS) is 1. The zero-order valence-electron chi connectivity index (χ0n) is 15.2. The van der Waals surface area contributed by atoms with Gasteiger partial charge < -0.3 is 9.84 Å². The largest absolute Gasteiger partial charge is 0.481 e. The fourth-order valence-electron chi connectivity index (χ4n) is 2.87. The molecule has 0 saturated heterocycles. The summed E-state index contributed by atoms with van der Waals surface area (Å²) in [7, 11) is 0. The second-order valence-electron chi connectivity index (χ2n) is 6.36. The molecule has 0 amide bonds. The van der Waals surface area contributed by atoms with Crippen molar-refractivity contribution in [2.24, 2.45) is 0 Å². The molecule has 0 aliphatic heterocycles. The number of carboxylic acids is 1. The van der Waals surface area contributed by atoms with Gasteiger partial charge in [-0.1, -0.05) is 35.9 Å². The van der Waals surface area contributed by atoms with E-state index in [1.54, 1.807) is 24.3 Å². The van der Waals surface area contributed by atoms with Gasteiger partial charge in [0.05, 0.1) is 16.6 Å². The number of halogens is 1. The van der Waals surface area contributed by atoms with Crippen LogP contribution in [-0.4, -0.2) is 16.1 Å². The van der Waals surface area contributed by atoms with Gasteiger partial charge >= 0.3 is 5.97 Å². The Morgan fingerprint density at radius 1 is 1.03 bits per heavy atom. The molecule has 1 heterocycles. The second kappa shape index (κ2) is 8.47. The van der Waals surface area contributed by atoms with Crippen molar-refractivity contribution < 1.29 is 14.6 Å². The summed E-state index contributed by atoms with van der Waals surface area (Å²) in [5, 5.41) is 10.7. The third kappa shape index (κ3) is 4.83. The normalized spacial score (nSPS) is 11.6. The molecule has 4 aromatic rings. The summed E-state index contributed by atoms with van der Waals surface area (Å²) >= 11 is 7.40. The second-order valence-corrected chi connectivity index (χ2v) is 7.82. The van der Waals surface area contributed by atoms with Crippen LogP contribution in [0.15, 0.2) is 72.8 Å². The lowest BCUT2D eigenvalue weighted by atomic mass is 10.1. The van der Waals surface area contributed by atoms with Crippen LogP contribution in [0.5, 0.6) is 11.5 Å². The summed E-state index contributed by atoms with van der Waals surface area (Å²) in [5.41, 5.74) is 2.36. The van der Waals surface area contributed by atoms with Gasteiger partial charge in [-0.05, 0) is 65.7 Å². The Bertz CT molecular complexity index is 1170. The highest BCUT2D eigenvalue weighted by molar-refractivity contribution is 7.19. The minimum absolute atomic E-state index is 0.109. The molecule has 144 valence electrons. The predicted octanol–water partition coefficient (Wildman–Crippen LogP) is 6.76. The molecule has 0 atom stereocenters. The zero-order valence-corrected chi connectivity index (χ0v) is 16.8. The van der Waals surface area contributed by atoms with E-state index in [1.165, 1.54) is 11.3 Å². The van der Waals surface area contributed by atoms with Crippen LogP contribution in [-0.2, 0) is 4.79 Å². The van der Waals surface area contributed by atoms with Gasteiger partial charge in [0, 0.05) is 5.02 Å². The minimum atomic E-state index is -0.899. The maximum Gasteiger partial charge on any atom is 0.307 e. The summed E-state index contributed by atoms with van der Waals surface area (Å²) in [6.45, 7) is 0. The van der Waals surface area contributed by atoms with Crippen LogP contribution in [0.25, 0.3) is 21.9 Å². The number of rotatable bonds is 6. The molecule has 0 spiro atoms. The summed E-state index contributed by atoms with van der Waals surface area (Å²) in [6.07, 6.45) is 1.74. The molecule has 6 heteroatoms. The Morgan fingerprint density at radius 2 is 1.83 bits per heavy atom. The first kappa shape index (κ1) is 19.2. The van der Waals surface area contributed by atoms with E-state index < -0.39 is 5.97 Å². The standard InChI is InChI=1S/C23H16ClNO3S/c24-17-8-10-18(11-9-17)28-19-5-3-4-15(13-19)12-16(14-22(26)27)23-25-20-6-1-2-7-21(20)29-23/h1-13H,14H2,(H,26,27). The molecule has 0 saturated carbocycles. The Balaban J connectivity index is 1.66. The number of aromatic nitrogens is 1. The van der Waals surface area contributed by atoms with Crippen LogP contribution in [0.1, 0.15) is 17.0 Å². The van der Waals surface area contributed by atoms with Gasteiger partial charge in [-0.15, -0.1) is 11.3 Å². The van der Waals surface area contributed by atoms with Crippen molar-refractivity contribution >= 4 is 50.8 Å². The van der Waals surface area contributed by atoms with E-state index in [9.17, 15) is 9.90 Å². The molecular formula is C23H16ClNO3S. The SMILES string of the molecule is O=C(O)CC(=Cc1cccc(Oc2ccc(Cl)cc2)c1)c1nc2ccccc2s1. The smallest absolute Gasteiger partial charge is 0.307 e. The summed E-state index contributed by atoms with van der Waals surface area (Å²) in [5.74, 6) is 0.427. The quantitative estimate of drug-likeness (QED) is 0.373. The number of ether oxygens (including phenoxy) is 1. The first-order chi connectivity index (χ1) is 14.1. The van der Waals surface area contributed by atoms with E-state index in [4.69, 9.17) is 16.3 Å².